The number of carbonyl (C=O) groups excluding carboxylic acids is 1. The summed E-state index contributed by atoms with van der Waals surface area (Å²) in [7, 11) is 0. The number of nitrogens with one attached hydrogen (secondary N) is 1. The topological polar surface area (TPSA) is 110 Å². The van der Waals surface area contributed by atoms with Gasteiger partial charge in [0.25, 0.3) is 0 Å². The van der Waals surface area contributed by atoms with E-state index in [1.165, 1.54) is 25.5 Å². The minimum Gasteiger partial charge on any atom is -0.480 e. The van der Waals surface area contributed by atoms with E-state index >= 15 is 0 Å². The van der Waals surface area contributed by atoms with Crippen LogP contribution in [0.2, 0.25) is 0 Å². The molecule has 0 bridgehead atoms. The molecule has 0 spiro atoms. The summed E-state index contributed by atoms with van der Waals surface area (Å²) < 4.78 is 15.3. The Bertz CT molecular complexity index is 1140. The second-order valence-electron chi connectivity index (χ2n) is 6.50. The number of allylic oxidation sites excluding steroid dienone is 1. The zero-order valence-electron chi connectivity index (χ0n) is 14.9. The Morgan fingerprint density at radius 1 is 1.36 bits per heavy atom. The summed E-state index contributed by atoms with van der Waals surface area (Å²) in [5.41, 5.74) is 3.41. The summed E-state index contributed by atoms with van der Waals surface area (Å²) in [5.74, 6) is -1.97. The van der Waals surface area contributed by atoms with Crippen LogP contribution in [0.1, 0.15) is 23.9 Å². The van der Waals surface area contributed by atoms with E-state index < -0.39 is 23.7 Å². The maximum absolute atomic E-state index is 13.7. The lowest BCUT2D eigenvalue weighted by Crippen LogP contribution is -2.40. The Morgan fingerprint density at radius 2 is 2.18 bits per heavy atom. The molecule has 9 heteroatoms. The summed E-state index contributed by atoms with van der Waals surface area (Å²) in [4.78, 5) is 35.7. The van der Waals surface area contributed by atoms with Crippen molar-refractivity contribution in [2.24, 2.45) is 0 Å². The molecule has 3 heterocycles. The third kappa shape index (κ3) is 3.11. The van der Waals surface area contributed by atoms with Crippen molar-refractivity contribution >= 4 is 28.5 Å². The summed E-state index contributed by atoms with van der Waals surface area (Å²) in [5, 5.41) is 12.0. The van der Waals surface area contributed by atoms with Gasteiger partial charge in [-0.2, -0.15) is 0 Å². The van der Waals surface area contributed by atoms with Crippen LogP contribution in [0.3, 0.4) is 0 Å². The van der Waals surface area contributed by atoms with Gasteiger partial charge in [0.2, 0.25) is 5.91 Å². The van der Waals surface area contributed by atoms with Gasteiger partial charge in [0.05, 0.1) is 17.6 Å². The smallest absolute Gasteiger partial charge is 0.325 e. The number of carboxylic acids is 1. The van der Waals surface area contributed by atoms with Gasteiger partial charge in [-0.1, -0.05) is 6.08 Å². The maximum Gasteiger partial charge on any atom is 0.325 e. The van der Waals surface area contributed by atoms with E-state index in [2.05, 4.69) is 20.3 Å². The first kappa shape index (κ1) is 17.8. The highest BCUT2D eigenvalue weighted by atomic mass is 19.1. The molecule has 142 valence electrons. The molecule has 0 radical (unpaired) electrons. The molecule has 0 aromatic carbocycles. The fourth-order valence-corrected chi connectivity index (χ4v) is 3.25. The first-order valence-electron chi connectivity index (χ1n) is 8.61. The van der Waals surface area contributed by atoms with Crippen molar-refractivity contribution in [3.05, 3.63) is 59.7 Å². The lowest BCUT2D eigenvalue weighted by molar-refractivity contribution is -0.141. The molecule has 1 aliphatic carbocycles. The number of halogens is 1. The van der Waals surface area contributed by atoms with Crippen LogP contribution in [0.4, 0.5) is 4.39 Å². The van der Waals surface area contributed by atoms with Crippen molar-refractivity contribution in [3.63, 3.8) is 0 Å². The molecule has 0 saturated carbocycles. The van der Waals surface area contributed by atoms with Crippen LogP contribution < -0.4 is 5.32 Å². The molecule has 1 atom stereocenters. The molecule has 2 N–H and O–H groups in total. The summed E-state index contributed by atoms with van der Waals surface area (Å²) >= 11 is 0. The number of aromatic nitrogens is 4. The van der Waals surface area contributed by atoms with Gasteiger partial charge in [0.1, 0.15) is 30.4 Å². The van der Waals surface area contributed by atoms with Gasteiger partial charge in [-0.25, -0.2) is 14.4 Å². The monoisotopic (exact) mass is 381 g/mol. The van der Waals surface area contributed by atoms with Crippen LogP contribution in [0.5, 0.6) is 0 Å². The van der Waals surface area contributed by atoms with Crippen molar-refractivity contribution in [1.29, 1.82) is 0 Å². The third-order valence-corrected chi connectivity index (χ3v) is 4.60. The van der Waals surface area contributed by atoms with Crippen molar-refractivity contribution in [3.8, 4) is 0 Å². The van der Waals surface area contributed by atoms with Crippen LogP contribution in [0.15, 0.2) is 36.9 Å². The molecule has 3 aromatic rings. The molecule has 0 aliphatic heterocycles. The molecular formula is C19H16FN5O3. The highest BCUT2D eigenvalue weighted by Crippen LogP contribution is 2.34. The molecule has 28 heavy (non-hydrogen) atoms. The normalized spacial score (nSPS) is 13.9. The predicted octanol–water partition coefficient (Wildman–Crippen LogP) is 1.54. The van der Waals surface area contributed by atoms with Crippen LogP contribution >= 0.6 is 0 Å². The molecule has 0 fully saturated rings. The average molecular weight is 381 g/mol. The van der Waals surface area contributed by atoms with E-state index in [1.807, 2.05) is 6.08 Å². The minimum atomic E-state index is -1.11. The molecule has 0 saturated heterocycles. The van der Waals surface area contributed by atoms with E-state index in [-0.39, 0.29) is 6.54 Å². The molecular weight excluding hydrogens is 365 g/mol. The summed E-state index contributed by atoms with van der Waals surface area (Å²) in [6.45, 7) is 1.31. The lowest BCUT2D eigenvalue weighted by Gasteiger charge is -2.10. The lowest BCUT2D eigenvalue weighted by atomic mass is 10.0. The number of nitrogens with zero attached hydrogens (tertiary/aromatic N) is 4. The number of aliphatic carboxylic acids is 1. The van der Waals surface area contributed by atoms with Crippen LogP contribution in [0, 0.1) is 5.82 Å². The first-order chi connectivity index (χ1) is 13.4. The second kappa shape index (κ2) is 6.84. The van der Waals surface area contributed by atoms with Crippen molar-refractivity contribution in [2.45, 2.75) is 25.9 Å². The molecule has 1 amide bonds. The Kier molecular flexibility index (Phi) is 4.34. The van der Waals surface area contributed by atoms with E-state index in [1.54, 1.807) is 16.8 Å². The zero-order chi connectivity index (χ0) is 19.8. The Labute approximate surface area is 158 Å². The zero-order valence-corrected chi connectivity index (χ0v) is 14.9. The average Bonchev–Trinajstić information content (AvgIpc) is 3.25. The van der Waals surface area contributed by atoms with Crippen LogP contribution in [-0.4, -0.2) is 42.5 Å². The van der Waals surface area contributed by atoms with Crippen molar-refractivity contribution < 1.29 is 19.1 Å². The van der Waals surface area contributed by atoms with Gasteiger partial charge in [0.15, 0.2) is 0 Å². The highest BCUT2D eigenvalue weighted by Gasteiger charge is 2.22. The number of fused-ring (bicyclic) bond motifs is 2. The maximum atomic E-state index is 13.7. The van der Waals surface area contributed by atoms with Gasteiger partial charge >= 0.3 is 5.97 Å². The van der Waals surface area contributed by atoms with Crippen molar-refractivity contribution in [1.82, 2.24) is 24.8 Å². The van der Waals surface area contributed by atoms with Gasteiger partial charge in [-0.3, -0.25) is 14.6 Å². The number of carbonyl (C=O) groups is 2. The third-order valence-electron chi connectivity index (χ3n) is 4.60. The number of carboxylic acid groups (broad SMARTS) is 1. The molecule has 4 rings (SSSR count). The van der Waals surface area contributed by atoms with Crippen LogP contribution in [-0.2, 0) is 22.6 Å². The van der Waals surface area contributed by atoms with E-state index in [0.717, 1.165) is 11.3 Å². The fraction of sp³-hybridized carbons (Fsp3) is 0.211. The van der Waals surface area contributed by atoms with Gasteiger partial charge in [0, 0.05) is 29.1 Å². The molecule has 0 unspecified atom stereocenters. The number of rotatable bonds is 5. The van der Waals surface area contributed by atoms with Gasteiger partial charge in [-0.05, 0) is 19.1 Å². The summed E-state index contributed by atoms with van der Waals surface area (Å²) in [6.07, 6.45) is 6.80. The summed E-state index contributed by atoms with van der Waals surface area (Å²) in [6, 6.07) is 2.24. The van der Waals surface area contributed by atoms with E-state index in [4.69, 9.17) is 5.11 Å². The molecule has 1 aliphatic rings. The van der Waals surface area contributed by atoms with Gasteiger partial charge in [-0.15, -0.1) is 0 Å². The second-order valence-corrected chi connectivity index (χ2v) is 6.50. The van der Waals surface area contributed by atoms with Crippen LogP contribution in [0.25, 0.3) is 16.6 Å². The van der Waals surface area contributed by atoms with E-state index in [9.17, 15) is 14.0 Å². The number of pyridine rings is 1. The molecule has 3 aromatic heterocycles. The standard InChI is InChI=1S/C19H16FN5O3/c1-10(19(27)28)24-16(26)8-25-5-4-13-17(22-9-23-18(13)25)12-2-3-15-14(12)6-11(20)7-21-15/h2,4-7,9-10H,3,8H2,1H3,(H,24,26)(H,27,28)/t10-/m0/s1. The number of amides is 1. The quantitative estimate of drug-likeness (QED) is 0.694. The minimum absolute atomic E-state index is 0.0800. The van der Waals surface area contributed by atoms with Gasteiger partial charge < -0.3 is 15.0 Å². The van der Waals surface area contributed by atoms with Crippen molar-refractivity contribution in [2.75, 3.05) is 0 Å². The highest BCUT2D eigenvalue weighted by molar-refractivity contribution is 5.95. The van der Waals surface area contributed by atoms with E-state index in [0.29, 0.717) is 28.7 Å². The Morgan fingerprint density at radius 3 is 2.96 bits per heavy atom. The largest absolute Gasteiger partial charge is 0.480 e. The fourth-order valence-electron chi connectivity index (χ4n) is 3.25. The Balaban J connectivity index is 1.67. The Hall–Kier alpha value is -3.62. The number of hydrogen-bond donors (Lipinski definition) is 2. The number of hydrogen-bond acceptors (Lipinski definition) is 5. The SMILES string of the molecule is C[C@H](NC(=O)Cn1ccc2c(C3=CCc4ncc(F)cc43)ncnc21)C(=O)O. The predicted molar refractivity (Wildman–Crippen MR) is 97.7 cm³/mol. The molecule has 8 nitrogen and oxygen atoms in total. The first-order valence-corrected chi connectivity index (χ1v) is 8.61.